The summed E-state index contributed by atoms with van der Waals surface area (Å²) in [6.07, 6.45) is 5.31. The van der Waals surface area contributed by atoms with Gasteiger partial charge in [-0.3, -0.25) is 4.72 Å². The number of anilines is 1. The minimum absolute atomic E-state index is 0.167. The molecule has 1 aromatic carbocycles. The summed E-state index contributed by atoms with van der Waals surface area (Å²) in [6, 6.07) is 8.68. The molecule has 7 heteroatoms. The van der Waals surface area contributed by atoms with Gasteiger partial charge in [0, 0.05) is 11.1 Å². The van der Waals surface area contributed by atoms with E-state index in [9.17, 15) is 8.42 Å². The number of pyridine rings is 1. The quantitative estimate of drug-likeness (QED) is 0.870. The number of fused-ring (bicyclic) bond motifs is 1. The van der Waals surface area contributed by atoms with Crippen LogP contribution in [0.1, 0.15) is 12.0 Å². The molecular weight excluding hydrogens is 320 g/mol. The zero-order valence-electron chi connectivity index (χ0n) is 12.1. The van der Waals surface area contributed by atoms with Crippen molar-refractivity contribution in [2.45, 2.75) is 22.6 Å². The highest BCUT2D eigenvalue weighted by molar-refractivity contribution is 7.98. The van der Waals surface area contributed by atoms with E-state index >= 15 is 0 Å². The number of rotatable bonds is 4. The lowest BCUT2D eigenvalue weighted by Gasteiger charge is -2.20. The molecule has 2 aromatic rings. The van der Waals surface area contributed by atoms with E-state index in [1.54, 1.807) is 36.2 Å². The van der Waals surface area contributed by atoms with Crippen molar-refractivity contribution >= 4 is 27.6 Å². The van der Waals surface area contributed by atoms with Crippen LogP contribution in [0.2, 0.25) is 0 Å². The summed E-state index contributed by atoms with van der Waals surface area (Å²) in [7, 11) is -3.72. The Kier molecular flexibility index (Phi) is 4.26. The van der Waals surface area contributed by atoms with Crippen molar-refractivity contribution < 1.29 is 13.2 Å². The van der Waals surface area contributed by atoms with Crippen molar-refractivity contribution in [3.8, 4) is 5.75 Å². The van der Waals surface area contributed by atoms with Crippen LogP contribution in [0.3, 0.4) is 0 Å². The molecule has 0 bridgehead atoms. The largest absolute Gasteiger partial charge is 0.492 e. The zero-order chi connectivity index (χ0) is 15.6. The van der Waals surface area contributed by atoms with Crippen LogP contribution < -0.4 is 9.46 Å². The number of hydrogen-bond acceptors (Lipinski definition) is 5. The first kappa shape index (κ1) is 15.2. The van der Waals surface area contributed by atoms with Crippen molar-refractivity contribution in [3.63, 3.8) is 0 Å². The number of nitrogens with zero attached hydrogens (tertiary/aromatic N) is 1. The van der Waals surface area contributed by atoms with Crippen LogP contribution in [-0.2, 0) is 16.4 Å². The smallest absolute Gasteiger partial charge is 0.266 e. The van der Waals surface area contributed by atoms with Crippen LogP contribution in [0.15, 0.2) is 46.3 Å². The molecule has 0 saturated carbocycles. The first-order valence-electron chi connectivity index (χ1n) is 6.88. The van der Waals surface area contributed by atoms with Gasteiger partial charge in [0.15, 0.2) is 0 Å². The number of ether oxygens (including phenoxy) is 1. The van der Waals surface area contributed by atoms with Gasteiger partial charge in [0.1, 0.15) is 16.5 Å². The molecule has 1 aliphatic rings. The van der Waals surface area contributed by atoms with Gasteiger partial charge in [0.05, 0.1) is 6.61 Å². The average Bonchev–Trinajstić information content (AvgIpc) is 2.54. The molecule has 0 saturated heterocycles. The second-order valence-corrected chi connectivity index (χ2v) is 7.42. The number of sulfonamides is 1. The molecule has 1 N–H and O–H groups in total. The van der Waals surface area contributed by atoms with Gasteiger partial charge in [0.25, 0.3) is 10.0 Å². The Balaban J connectivity index is 1.92. The molecule has 22 heavy (non-hydrogen) atoms. The van der Waals surface area contributed by atoms with Crippen molar-refractivity contribution in [2.24, 2.45) is 0 Å². The van der Waals surface area contributed by atoms with Gasteiger partial charge in [-0.1, -0.05) is 12.1 Å². The molecule has 2 heterocycles. The van der Waals surface area contributed by atoms with Crippen LogP contribution in [0.25, 0.3) is 0 Å². The summed E-state index contributed by atoms with van der Waals surface area (Å²) >= 11 is 1.55. The number of hydrogen-bond donors (Lipinski definition) is 1. The monoisotopic (exact) mass is 336 g/mol. The third kappa shape index (κ3) is 3.05. The highest BCUT2D eigenvalue weighted by Crippen LogP contribution is 2.32. The molecule has 3 rings (SSSR count). The van der Waals surface area contributed by atoms with Crippen molar-refractivity contribution in [1.82, 2.24) is 4.98 Å². The highest BCUT2D eigenvalue weighted by Gasteiger charge is 2.24. The van der Waals surface area contributed by atoms with E-state index in [2.05, 4.69) is 9.71 Å². The number of aryl methyl sites for hydroxylation is 1. The molecule has 0 spiro atoms. The fraction of sp³-hybridized carbons (Fsp3) is 0.267. The van der Waals surface area contributed by atoms with Gasteiger partial charge >= 0.3 is 0 Å². The molecule has 0 aliphatic carbocycles. The standard InChI is InChI=1S/C15H16N2O3S2/c1-21-12-7-8-14(16-10-12)17-22(18,19)13-6-2-4-11-5-3-9-20-15(11)13/h2,4,6-8,10H,3,5,9H2,1H3,(H,16,17). The van der Waals surface area contributed by atoms with Crippen molar-refractivity contribution in [2.75, 3.05) is 17.6 Å². The van der Waals surface area contributed by atoms with Gasteiger partial charge in [-0.25, -0.2) is 13.4 Å². The molecule has 0 fully saturated rings. The molecule has 0 radical (unpaired) electrons. The van der Waals surface area contributed by atoms with Gasteiger partial charge in [-0.05, 0) is 42.9 Å². The molecule has 0 atom stereocenters. The summed E-state index contributed by atoms with van der Waals surface area (Å²) in [5.41, 5.74) is 0.930. The Labute approximate surface area is 134 Å². The Morgan fingerprint density at radius 3 is 2.86 bits per heavy atom. The van der Waals surface area contributed by atoms with Gasteiger partial charge in [0.2, 0.25) is 0 Å². The van der Waals surface area contributed by atoms with E-state index in [0.29, 0.717) is 18.2 Å². The summed E-state index contributed by atoms with van der Waals surface area (Å²) < 4.78 is 33.3. The van der Waals surface area contributed by atoms with Gasteiger partial charge in [-0.2, -0.15) is 0 Å². The van der Waals surface area contributed by atoms with E-state index < -0.39 is 10.0 Å². The first-order valence-corrected chi connectivity index (χ1v) is 9.58. The summed E-state index contributed by atoms with van der Waals surface area (Å²) in [6.45, 7) is 0.542. The topological polar surface area (TPSA) is 68.3 Å². The Bertz CT molecular complexity index is 774. The number of benzene rings is 1. The number of nitrogens with one attached hydrogen (secondary N) is 1. The lowest BCUT2D eigenvalue weighted by molar-refractivity contribution is 0.280. The Morgan fingerprint density at radius 2 is 2.14 bits per heavy atom. The van der Waals surface area contributed by atoms with E-state index in [1.807, 2.05) is 18.4 Å². The van der Waals surface area contributed by atoms with Crippen LogP contribution in [0.4, 0.5) is 5.82 Å². The normalized spacial score (nSPS) is 14.0. The predicted octanol–water partition coefficient (Wildman–Crippen LogP) is 2.93. The second kappa shape index (κ2) is 6.18. The molecule has 0 unspecified atom stereocenters. The number of para-hydroxylation sites is 1. The average molecular weight is 336 g/mol. The van der Waals surface area contributed by atoms with E-state index in [-0.39, 0.29) is 4.90 Å². The van der Waals surface area contributed by atoms with Gasteiger partial charge in [-0.15, -0.1) is 11.8 Å². The SMILES string of the molecule is CSc1ccc(NS(=O)(=O)c2cccc3c2OCCC3)nc1. The van der Waals surface area contributed by atoms with Crippen molar-refractivity contribution in [3.05, 3.63) is 42.1 Å². The Hall–Kier alpha value is -1.73. The second-order valence-electron chi connectivity index (χ2n) is 4.89. The maximum absolute atomic E-state index is 12.6. The molecule has 1 aromatic heterocycles. The minimum atomic E-state index is -3.72. The van der Waals surface area contributed by atoms with Crippen LogP contribution in [0, 0.1) is 0 Å². The molecule has 5 nitrogen and oxygen atoms in total. The lowest BCUT2D eigenvalue weighted by Crippen LogP contribution is -2.18. The number of aromatic nitrogens is 1. The summed E-state index contributed by atoms with van der Waals surface area (Å²) in [5.74, 6) is 0.758. The highest BCUT2D eigenvalue weighted by atomic mass is 32.2. The molecular formula is C15H16N2O3S2. The molecule has 0 amide bonds. The molecule has 1 aliphatic heterocycles. The summed E-state index contributed by atoms with van der Waals surface area (Å²) in [5, 5.41) is 0. The fourth-order valence-corrected chi connectivity index (χ4v) is 3.88. The minimum Gasteiger partial charge on any atom is -0.492 e. The van der Waals surface area contributed by atoms with E-state index in [4.69, 9.17) is 4.74 Å². The van der Waals surface area contributed by atoms with Crippen LogP contribution in [-0.4, -0.2) is 26.3 Å². The van der Waals surface area contributed by atoms with Crippen molar-refractivity contribution in [1.29, 1.82) is 0 Å². The summed E-state index contributed by atoms with van der Waals surface area (Å²) in [4.78, 5) is 5.26. The fourth-order valence-electron chi connectivity index (χ4n) is 2.32. The maximum Gasteiger partial charge on any atom is 0.266 e. The first-order chi connectivity index (χ1) is 10.6. The molecule has 116 valence electrons. The van der Waals surface area contributed by atoms with E-state index in [0.717, 1.165) is 23.3 Å². The Morgan fingerprint density at radius 1 is 1.27 bits per heavy atom. The van der Waals surface area contributed by atoms with E-state index in [1.165, 1.54) is 0 Å². The van der Waals surface area contributed by atoms with Crippen LogP contribution >= 0.6 is 11.8 Å². The third-order valence-electron chi connectivity index (χ3n) is 3.40. The van der Waals surface area contributed by atoms with Crippen LogP contribution in [0.5, 0.6) is 5.75 Å². The van der Waals surface area contributed by atoms with Gasteiger partial charge < -0.3 is 4.74 Å². The predicted molar refractivity (Wildman–Crippen MR) is 87.1 cm³/mol. The third-order valence-corrected chi connectivity index (χ3v) is 5.49. The lowest BCUT2D eigenvalue weighted by atomic mass is 10.1. The maximum atomic E-state index is 12.6. The number of thioether (sulfide) groups is 1. The zero-order valence-corrected chi connectivity index (χ0v) is 13.7.